The molecule has 2 N–H and O–H groups in total. The van der Waals surface area contributed by atoms with Crippen molar-refractivity contribution in [2.24, 2.45) is 5.10 Å². The molecule has 1 heterocycles. The first-order valence-corrected chi connectivity index (χ1v) is 8.50. The standard InChI is InChI=1S/C21H18FN3O3/c1-13-11-18(14(2)28-13)20(26)24-19-6-4-3-5-17(19)21(27)25-23-12-15-7-9-16(22)10-8-15/h3-12H,1-2H3,(H,24,26)(H,25,27). The van der Waals surface area contributed by atoms with Crippen molar-refractivity contribution in [2.45, 2.75) is 13.8 Å². The van der Waals surface area contributed by atoms with Gasteiger partial charge in [-0.05, 0) is 49.7 Å². The van der Waals surface area contributed by atoms with E-state index in [1.54, 1.807) is 44.2 Å². The van der Waals surface area contributed by atoms with Crippen molar-refractivity contribution in [3.8, 4) is 0 Å². The van der Waals surface area contributed by atoms with Gasteiger partial charge in [-0.1, -0.05) is 24.3 Å². The number of hydrogen-bond acceptors (Lipinski definition) is 4. The Kier molecular flexibility index (Phi) is 5.64. The third kappa shape index (κ3) is 4.50. The number of nitrogens with one attached hydrogen (secondary N) is 2. The number of carbonyl (C=O) groups excluding carboxylic acids is 2. The van der Waals surface area contributed by atoms with Crippen LogP contribution < -0.4 is 10.7 Å². The van der Waals surface area contributed by atoms with Crippen LogP contribution in [-0.4, -0.2) is 18.0 Å². The Morgan fingerprint density at radius 3 is 2.39 bits per heavy atom. The molecule has 2 aromatic carbocycles. The van der Waals surface area contributed by atoms with E-state index in [0.717, 1.165) is 0 Å². The van der Waals surface area contributed by atoms with Crippen LogP contribution in [0.2, 0.25) is 0 Å². The summed E-state index contributed by atoms with van der Waals surface area (Å²) in [6, 6.07) is 13.9. The maximum Gasteiger partial charge on any atom is 0.273 e. The Labute approximate surface area is 161 Å². The van der Waals surface area contributed by atoms with Crippen LogP contribution >= 0.6 is 0 Å². The van der Waals surface area contributed by atoms with Gasteiger partial charge in [0.2, 0.25) is 0 Å². The number of hydrogen-bond donors (Lipinski definition) is 2. The Hall–Kier alpha value is -3.74. The van der Waals surface area contributed by atoms with Crippen LogP contribution in [0.25, 0.3) is 0 Å². The van der Waals surface area contributed by atoms with Crippen molar-refractivity contribution < 1.29 is 18.4 Å². The second-order valence-corrected chi connectivity index (χ2v) is 6.08. The first kappa shape index (κ1) is 19.0. The van der Waals surface area contributed by atoms with E-state index < -0.39 is 5.91 Å². The molecule has 0 radical (unpaired) electrons. The number of halogens is 1. The number of rotatable bonds is 5. The molecule has 0 unspecified atom stereocenters. The first-order chi connectivity index (χ1) is 13.4. The molecule has 28 heavy (non-hydrogen) atoms. The molecule has 7 heteroatoms. The molecule has 1 aromatic heterocycles. The van der Waals surface area contributed by atoms with E-state index in [4.69, 9.17) is 4.42 Å². The lowest BCUT2D eigenvalue weighted by Crippen LogP contribution is -2.21. The number of benzene rings is 2. The number of carbonyl (C=O) groups is 2. The molecule has 0 aliphatic heterocycles. The molecular weight excluding hydrogens is 361 g/mol. The smallest absolute Gasteiger partial charge is 0.273 e. The van der Waals surface area contributed by atoms with Crippen LogP contribution in [0.5, 0.6) is 0 Å². The maximum atomic E-state index is 12.9. The van der Waals surface area contributed by atoms with Gasteiger partial charge >= 0.3 is 0 Å². The van der Waals surface area contributed by atoms with Crippen molar-refractivity contribution in [3.63, 3.8) is 0 Å². The minimum atomic E-state index is -0.491. The van der Waals surface area contributed by atoms with Crippen molar-refractivity contribution in [2.75, 3.05) is 5.32 Å². The van der Waals surface area contributed by atoms with Gasteiger partial charge in [-0.25, -0.2) is 9.82 Å². The average molecular weight is 379 g/mol. The van der Waals surface area contributed by atoms with E-state index in [1.165, 1.54) is 30.5 Å². The van der Waals surface area contributed by atoms with E-state index in [9.17, 15) is 14.0 Å². The van der Waals surface area contributed by atoms with Crippen molar-refractivity contribution >= 4 is 23.7 Å². The lowest BCUT2D eigenvalue weighted by atomic mass is 10.1. The van der Waals surface area contributed by atoms with Gasteiger partial charge in [0, 0.05) is 0 Å². The molecule has 2 amide bonds. The second kappa shape index (κ2) is 8.30. The van der Waals surface area contributed by atoms with Crippen LogP contribution in [-0.2, 0) is 0 Å². The Morgan fingerprint density at radius 2 is 1.71 bits per heavy atom. The molecule has 0 atom stereocenters. The van der Waals surface area contributed by atoms with E-state index in [0.29, 0.717) is 28.3 Å². The zero-order chi connectivity index (χ0) is 20.1. The van der Waals surface area contributed by atoms with Gasteiger partial charge in [-0.3, -0.25) is 9.59 Å². The molecule has 142 valence electrons. The minimum Gasteiger partial charge on any atom is -0.466 e. The first-order valence-electron chi connectivity index (χ1n) is 8.50. The SMILES string of the molecule is Cc1cc(C(=O)Nc2ccccc2C(=O)NN=Cc2ccc(F)cc2)c(C)o1. The average Bonchev–Trinajstić information content (AvgIpc) is 3.02. The summed E-state index contributed by atoms with van der Waals surface area (Å²) < 4.78 is 18.3. The molecule has 0 fully saturated rings. The van der Waals surface area contributed by atoms with Crippen molar-refractivity contribution in [1.82, 2.24) is 5.43 Å². The van der Waals surface area contributed by atoms with Crippen LogP contribution in [0.1, 0.15) is 37.8 Å². The molecule has 3 aromatic rings. The Morgan fingerprint density at radius 1 is 1.00 bits per heavy atom. The predicted octanol–water partition coefficient (Wildman–Crippen LogP) is 4.05. The maximum absolute atomic E-state index is 12.9. The van der Waals surface area contributed by atoms with Gasteiger partial charge in [0.15, 0.2) is 0 Å². The molecule has 3 rings (SSSR count). The van der Waals surface area contributed by atoms with E-state index in [-0.39, 0.29) is 17.3 Å². The van der Waals surface area contributed by atoms with Gasteiger partial charge in [0.1, 0.15) is 17.3 Å². The summed E-state index contributed by atoms with van der Waals surface area (Å²) in [5, 5.41) is 6.59. The highest BCUT2D eigenvalue weighted by Gasteiger charge is 2.17. The minimum absolute atomic E-state index is 0.255. The number of furan rings is 1. The number of para-hydroxylation sites is 1. The zero-order valence-corrected chi connectivity index (χ0v) is 15.3. The molecule has 6 nitrogen and oxygen atoms in total. The highest BCUT2D eigenvalue weighted by molar-refractivity contribution is 6.09. The van der Waals surface area contributed by atoms with Crippen molar-refractivity contribution in [3.05, 3.63) is 88.6 Å². The topological polar surface area (TPSA) is 83.7 Å². The van der Waals surface area contributed by atoms with E-state index in [2.05, 4.69) is 15.8 Å². The fourth-order valence-electron chi connectivity index (χ4n) is 2.61. The Balaban J connectivity index is 1.72. The predicted molar refractivity (Wildman–Crippen MR) is 104 cm³/mol. The number of hydrazone groups is 1. The lowest BCUT2D eigenvalue weighted by molar-refractivity contribution is 0.0956. The normalized spacial score (nSPS) is 10.8. The highest BCUT2D eigenvalue weighted by Crippen LogP contribution is 2.19. The van der Waals surface area contributed by atoms with Crippen LogP contribution in [0.4, 0.5) is 10.1 Å². The quantitative estimate of drug-likeness (QED) is 0.518. The molecule has 0 aliphatic rings. The van der Waals surface area contributed by atoms with Crippen LogP contribution in [0.15, 0.2) is 64.1 Å². The monoisotopic (exact) mass is 379 g/mol. The third-order valence-electron chi connectivity index (χ3n) is 3.96. The summed E-state index contributed by atoms with van der Waals surface area (Å²) in [4.78, 5) is 24.9. The molecular formula is C21H18FN3O3. The number of amides is 2. The summed E-state index contributed by atoms with van der Waals surface area (Å²) >= 11 is 0. The Bertz CT molecular complexity index is 1040. The van der Waals surface area contributed by atoms with Gasteiger partial charge in [-0.2, -0.15) is 5.10 Å². The number of nitrogens with zero attached hydrogens (tertiary/aromatic N) is 1. The van der Waals surface area contributed by atoms with Crippen LogP contribution in [0, 0.1) is 19.7 Å². The van der Waals surface area contributed by atoms with Gasteiger partial charge in [-0.15, -0.1) is 0 Å². The van der Waals surface area contributed by atoms with E-state index in [1.807, 2.05) is 0 Å². The van der Waals surface area contributed by atoms with E-state index >= 15 is 0 Å². The third-order valence-corrected chi connectivity index (χ3v) is 3.96. The van der Waals surface area contributed by atoms with Gasteiger partial charge in [0.05, 0.1) is 23.0 Å². The summed E-state index contributed by atoms with van der Waals surface area (Å²) in [7, 11) is 0. The summed E-state index contributed by atoms with van der Waals surface area (Å²) in [6.45, 7) is 3.45. The largest absolute Gasteiger partial charge is 0.466 e. The van der Waals surface area contributed by atoms with Crippen molar-refractivity contribution in [1.29, 1.82) is 0 Å². The number of anilines is 1. The van der Waals surface area contributed by atoms with Gasteiger partial charge in [0.25, 0.3) is 11.8 Å². The summed E-state index contributed by atoms with van der Waals surface area (Å²) in [5.41, 5.74) is 4.04. The summed E-state index contributed by atoms with van der Waals surface area (Å²) in [6.07, 6.45) is 1.40. The molecule has 0 aliphatic carbocycles. The van der Waals surface area contributed by atoms with Gasteiger partial charge < -0.3 is 9.73 Å². The summed E-state index contributed by atoms with van der Waals surface area (Å²) in [5.74, 6) is -0.0858. The lowest BCUT2D eigenvalue weighted by Gasteiger charge is -2.09. The zero-order valence-electron chi connectivity index (χ0n) is 15.3. The fourth-order valence-corrected chi connectivity index (χ4v) is 2.61. The van der Waals surface area contributed by atoms with Crippen LogP contribution in [0.3, 0.4) is 0 Å². The fraction of sp³-hybridized carbons (Fsp3) is 0.0952. The highest BCUT2D eigenvalue weighted by atomic mass is 19.1. The number of aryl methyl sites for hydroxylation is 2. The molecule has 0 saturated heterocycles. The second-order valence-electron chi connectivity index (χ2n) is 6.08. The molecule has 0 spiro atoms. The molecule has 0 bridgehead atoms. The molecule has 0 saturated carbocycles.